The van der Waals surface area contributed by atoms with Crippen LogP contribution in [0.5, 0.6) is 0 Å². The molecule has 0 fully saturated rings. The van der Waals surface area contributed by atoms with E-state index in [9.17, 15) is 0 Å². The van der Waals surface area contributed by atoms with Crippen LogP contribution in [0.15, 0.2) is 176 Å². The number of rotatable bonds is 5. The molecule has 0 N–H and O–H groups in total. The highest BCUT2D eigenvalue weighted by atomic mass is 32.1. The van der Waals surface area contributed by atoms with E-state index in [4.69, 9.17) is 9.97 Å². The lowest BCUT2D eigenvalue weighted by Crippen LogP contribution is -1.97. The van der Waals surface area contributed by atoms with Gasteiger partial charge in [0.05, 0.1) is 26.9 Å². The normalized spacial score (nSPS) is 11.6. The average Bonchev–Trinajstić information content (AvgIpc) is 3.74. The fraction of sp³-hybridized carbons (Fsp3) is 0. The number of hydrogen-bond donors (Lipinski definition) is 0. The van der Waals surface area contributed by atoms with E-state index in [2.05, 4.69) is 180 Å². The Morgan fingerprint density at radius 3 is 1.70 bits per heavy atom. The Morgan fingerprint density at radius 1 is 0.400 bits per heavy atom. The summed E-state index contributed by atoms with van der Waals surface area (Å²) >= 11 is 1.77. The van der Waals surface area contributed by atoms with Crippen molar-refractivity contribution in [3.63, 3.8) is 0 Å². The van der Waals surface area contributed by atoms with Crippen molar-refractivity contribution >= 4 is 53.4 Å². The molecule has 0 bridgehead atoms. The summed E-state index contributed by atoms with van der Waals surface area (Å²) in [5.74, 6) is 0.715. The molecule has 50 heavy (non-hydrogen) atoms. The molecule has 0 aliphatic heterocycles. The van der Waals surface area contributed by atoms with Crippen LogP contribution in [0.25, 0.3) is 92.7 Å². The Balaban J connectivity index is 1.20. The van der Waals surface area contributed by atoms with Crippen LogP contribution in [0, 0.1) is 0 Å². The molecule has 234 valence electrons. The van der Waals surface area contributed by atoms with Gasteiger partial charge in [0, 0.05) is 37.7 Å². The van der Waals surface area contributed by atoms with Crippen LogP contribution >= 0.6 is 11.3 Å². The van der Waals surface area contributed by atoms with Gasteiger partial charge in [0.15, 0.2) is 5.82 Å². The van der Waals surface area contributed by atoms with Crippen LogP contribution in [0.3, 0.4) is 0 Å². The molecule has 10 aromatic rings. The zero-order chi connectivity index (χ0) is 33.0. The molecular weight excluding hydrogens is 627 g/mol. The third kappa shape index (κ3) is 4.73. The molecule has 0 aliphatic rings. The van der Waals surface area contributed by atoms with Gasteiger partial charge in [-0.25, -0.2) is 9.97 Å². The van der Waals surface area contributed by atoms with E-state index in [-0.39, 0.29) is 0 Å². The highest BCUT2D eigenvalue weighted by Gasteiger charge is 2.19. The van der Waals surface area contributed by atoms with Crippen molar-refractivity contribution in [2.45, 2.75) is 0 Å². The first-order chi connectivity index (χ1) is 24.8. The summed E-state index contributed by atoms with van der Waals surface area (Å²) in [6.45, 7) is 0. The molecule has 0 saturated heterocycles. The van der Waals surface area contributed by atoms with E-state index < -0.39 is 0 Å². The molecular formula is C46H29N3S. The maximum Gasteiger partial charge on any atom is 0.160 e. The maximum absolute atomic E-state index is 5.39. The zero-order valence-corrected chi connectivity index (χ0v) is 27.8. The molecule has 0 amide bonds. The van der Waals surface area contributed by atoms with Crippen LogP contribution in [0.2, 0.25) is 0 Å². The molecule has 0 spiro atoms. The predicted octanol–water partition coefficient (Wildman–Crippen LogP) is 12.6. The molecule has 0 radical (unpaired) electrons. The zero-order valence-electron chi connectivity index (χ0n) is 27.0. The minimum atomic E-state index is 0.715. The van der Waals surface area contributed by atoms with E-state index in [0.29, 0.717) is 5.82 Å². The molecule has 7 aromatic carbocycles. The first-order valence-corrected chi connectivity index (χ1v) is 17.6. The van der Waals surface area contributed by atoms with Crippen molar-refractivity contribution in [3.8, 4) is 50.6 Å². The van der Waals surface area contributed by atoms with Gasteiger partial charge in [0.2, 0.25) is 0 Å². The Kier molecular flexibility index (Phi) is 6.68. The third-order valence-corrected chi connectivity index (χ3v) is 10.8. The summed E-state index contributed by atoms with van der Waals surface area (Å²) in [6.07, 6.45) is 0. The van der Waals surface area contributed by atoms with E-state index >= 15 is 0 Å². The number of hydrogen-bond acceptors (Lipinski definition) is 3. The van der Waals surface area contributed by atoms with Crippen molar-refractivity contribution in [1.82, 2.24) is 14.5 Å². The number of aromatic nitrogens is 3. The molecule has 0 atom stereocenters. The first-order valence-electron chi connectivity index (χ1n) is 16.8. The number of para-hydroxylation sites is 2. The van der Waals surface area contributed by atoms with Gasteiger partial charge >= 0.3 is 0 Å². The number of fused-ring (bicyclic) bond motifs is 6. The average molecular weight is 656 g/mol. The predicted molar refractivity (Wildman–Crippen MR) is 211 cm³/mol. The van der Waals surface area contributed by atoms with Crippen LogP contribution in [0.1, 0.15) is 0 Å². The Bertz CT molecular complexity index is 2810. The highest BCUT2D eigenvalue weighted by molar-refractivity contribution is 7.26. The van der Waals surface area contributed by atoms with Gasteiger partial charge in [0.25, 0.3) is 0 Å². The largest absolute Gasteiger partial charge is 0.309 e. The van der Waals surface area contributed by atoms with Crippen LogP contribution in [-0.4, -0.2) is 14.5 Å². The SMILES string of the molecule is c1ccc(-c2cccc(-c3nc(-c4cccc(-n5c6ccccc6c6ccccc65)c4)nc4c3sc3cc(-c5ccccc5)ccc34)c2)cc1. The summed E-state index contributed by atoms with van der Waals surface area (Å²) in [5, 5.41) is 3.63. The maximum atomic E-state index is 5.39. The third-order valence-electron chi connectivity index (χ3n) is 9.61. The van der Waals surface area contributed by atoms with Gasteiger partial charge in [-0.15, -0.1) is 11.3 Å². The fourth-order valence-electron chi connectivity index (χ4n) is 7.24. The second-order valence-electron chi connectivity index (χ2n) is 12.6. The lowest BCUT2D eigenvalue weighted by molar-refractivity contribution is 1.17. The second-order valence-corrected chi connectivity index (χ2v) is 13.7. The number of thiophene rings is 1. The molecule has 3 heterocycles. The van der Waals surface area contributed by atoms with Crippen molar-refractivity contribution < 1.29 is 0 Å². The molecule has 4 heteroatoms. The summed E-state index contributed by atoms with van der Waals surface area (Å²) in [4.78, 5) is 10.7. The topological polar surface area (TPSA) is 30.7 Å². The smallest absolute Gasteiger partial charge is 0.160 e. The number of benzene rings is 7. The Hall–Kier alpha value is -6.36. The van der Waals surface area contributed by atoms with Crippen LogP contribution in [0.4, 0.5) is 0 Å². The standard InChI is InChI=1S/C46H29N3S/c1-3-13-30(14-4-1)32-17-11-18-34(27-32)43-45-44(39-26-25-33(29-42(39)50-45)31-15-5-2-6-16-31)48-46(47-43)35-19-12-20-36(28-35)49-40-23-9-7-21-37(40)38-22-8-10-24-41(38)49/h1-29H. The molecule has 3 aromatic heterocycles. The lowest BCUT2D eigenvalue weighted by Gasteiger charge is -2.11. The van der Waals surface area contributed by atoms with E-state index in [0.717, 1.165) is 43.7 Å². The van der Waals surface area contributed by atoms with Crippen molar-refractivity contribution in [1.29, 1.82) is 0 Å². The summed E-state index contributed by atoms with van der Waals surface area (Å²) in [7, 11) is 0. The van der Waals surface area contributed by atoms with Gasteiger partial charge in [-0.3, -0.25) is 0 Å². The van der Waals surface area contributed by atoms with Crippen LogP contribution in [-0.2, 0) is 0 Å². The highest BCUT2D eigenvalue weighted by Crippen LogP contribution is 2.42. The summed E-state index contributed by atoms with van der Waals surface area (Å²) < 4.78 is 4.65. The molecule has 10 rings (SSSR count). The van der Waals surface area contributed by atoms with Crippen molar-refractivity contribution in [2.75, 3.05) is 0 Å². The first kappa shape index (κ1) is 28.6. The monoisotopic (exact) mass is 655 g/mol. The Labute approximate surface area is 293 Å². The van der Waals surface area contributed by atoms with E-state index in [1.165, 1.54) is 43.2 Å². The van der Waals surface area contributed by atoms with E-state index in [1.807, 2.05) is 0 Å². The molecule has 0 saturated carbocycles. The van der Waals surface area contributed by atoms with Gasteiger partial charge in [-0.05, 0) is 58.7 Å². The molecule has 0 unspecified atom stereocenters. The fourth-order valence-corrected chi connectivity index (χ4v) is 8.43. The summed E-state index contributed by atoms with van der Waals surface area (Å²) in [5.41, 5.74) is 12.2. The van der Waals surface area contributed by atoms with Gasteiger partial charge in [-0.1, -0.05) is 140 Å². The van der Waals surface area contributed by atoms with Crippen molar-refractivity contribution in [2.24, 2.45) is 0 Å². The van der Waals surface area contributed by atoms with Crippen LogP contribution < -0.4 is 0 Å². The van der Waals surface area contributed by atoms with Crippen molar-refractivity contribution in [3.05, 3.63) is 176 Å². The van der Waals surface area contributed by atoms with E-state index in [1.54, 1.807) is 11.3 Å². The van der Waals surface area contributed by atoms with Gasteiger partial charge in [-0.2, -0.15) is 0 Å². The number of nitrogens with zero attached hydrogens (tertiary/aromatic N) is 3. The second kappa shape index (κ2) is 11.7. The quantitative estimate of drug-likeness (QED) is 0.185. The molecule has 3 nitrogen and oxygen atoms in total. The minimum Gasteiger partial charge on any atom is -0.309 e. The van der Waals surface area contributed by atoms with Gasteiger partial charge in [0.1, 0.15) is 0 Å². The minimum absolute atomic E-state index is 0.715. The summed E-state index contributed by atoms with van der Waals surface area (Å²) in [6, 6.07) is 62.5. The lowest BCUT2D eigenvalue weighted by atomic mass is 10.0. The molecule has 0 aliphatic carbocycles. The van der Waals surface area contributed by atoms with Gasteiger partial charge < -0.3 is 4.57 Å². The Morgan fingerprint density at radius 2 is 0.980 bits per heavy atom.